The molecule has 2 aromatic heterocycles. The fraction of sp³-hybridized carbons (Fsp3) is 0.435. The first-order chi connectivity index (χ1) is 14.5. The number of nitrogens with zero attached hydrogens (tertiary/aromatic N) is 6. The Bertz CT molecular complexity index is 982. The van der Waals surface area contributed by atoms with Gasteiger partial charge in [0.05, 0.1) is 19.0 Å². The van der Waals surface area contributed by atoms with Crippen LogP contribution in [0.25, 0.3) is 11.1 Å². The third-order valence-electron chi connectivity index (χ3n) is 5.68. The van der Waals surface area contributed by atoms with Crippen LogP contribution in [0, 0.1) is 0 Å². The molecule has 0 N–H and O–H groups in total. The van der Waals surface area contributed by atoms with Gasteiger partial charge in [-0.2, -0.15) is 5.10 Å². The van der Waals surface area contributed by atoms with Gasteiger partial charge >= 0.3 is 0 Å². The van der Waals surface area contributed by atoms with Crippen LogP contribution in [0.1, 0.15) is 30.0 Å². The molecule has 1 unspecified atom stereocenters. The quantitative estimate of drug-likeness (QED) is 0.626. The SMILES string of the molecule is COc1ccc(CN2CCCC(c3nc(N(C)C)ncc3-c3cnn(C)c3)C2)cc1. The number of ether oxygens (including phenoxy) is 1. The zero-order chi connectivity index (χ0) is 21.1. The second-order valence-electron chi connectivity index (χ2n) is 8.19. The Morgan fingerprint density at radius 2 is 1.97 bits per heavy atom. The highest BCUT2D eigenvalue weighted by atomic mass is 16.5. The summed E-state index contributed by atoms with van der Waals surface area (Å²) in [5, 5.41) is 4.35. The summed E-state index contributed by atoms with van der Waals surface area (Å²) >= 11 is 0. The molecule has 4 rings (SSSR count). The molecule has 1 aliphatic rings. The lowest BCUT2D eigenvalue weighted by Crippen LogP contribution is -2.34. The number of benzene rings is 1. The van der Waals surface area contributed by atoms with Crippen molar-refractivity contribution in [2.45, 2.75) is 25.3 Å². The maximum Gasteiger partial charge on any atom is 0.225 e. The number of aromatic nitrogens is 4. The minimum atomic E-state index is 0.369. The average molecular weight is 407 g/mol. The second kappa shape index (κ2) is 8.83. The zero-order valence-electron chi connectivity index (χ0n) is 18.2. The van der Waals surface area contributed by atoms with E-state index in [-0.39, 0.29) is 0 Å². The van der Waals surface area contributed by atoms with E-state index in [0.717, 1.165) is 61.0 Å². The topological polar surface area (TPSA) is 59.3 Å². The molecule has 7 nitrogen and oxygen atoms in total. The monoisotopic (exact) mass is 406 g/mol. The number of piperidine rings is 1. The molecule has 7 heteroatoms. The lowest BCUT2D eigenvalue weighted by molar-refractivity contribution is 0.198. The summed E-state index contributed by atoms with van der Waals surface area (Å²) in [5.74, 6) is 2.02. The van der Waals surface area contributed by atoms with Crippen molar-refractivity contribution < 1.29 is 4.74 Å². The summed E-state index contributed by atoms with van der Waals surface area (Å²) in [5.41, 5.74) is 4.59. The molecular formula is C23H30N6O. The predicted octanol–water partition coefficient (Wildman–Crippen LogP) is 3.33. The Kier molecular flexibility index (Phi) is 5.99. The second-order valence-corrected chi connectivity index (χ2v) is 8.19. The number of methoxy groups -OCH3 is 1. The molecule has 30 heavy (non-hydrogen) atoms. The first-order valence-corrected chi connectivity index (χ1v) is 10.4. The van der Waals surface area contributed by atoms with Gasteiger partial charge in [0.15, 0.2) is 0 Å². The van der Waals surface area contributed by atoms with E-state index in [1.165, 1.54) is 5.56 Å². The van der Waals surface area contributed by atoms with Crippen molar-refractivity contribution in [3.63, 3.8) is 0 Å². The van der Waals surface area contributed by atoms with E-state index in [9.17, 15) is 0 Å². The summed E-state index contributed by atoms with van der Waals surface area (Å²) in [6.07, 6.45) is 8.19. The van der Waals surface area contributed by atoms with E-state index in [1.54, 1.807) is 7.11 Å². The molecule has 158 valence electrons. The van der Waals surface area contributed by atoms with Crippen molar-refractivity contribution in [1.82, 2.24) is 24.6 Å². The smallest absolute Gasteiger partial charge is 0.225 e. The Labute approximate surface area is 178 Å². The van der Waals surface area contributed by atoms with Crippen LogP contribution in [0.15, 0.2) is 42.9 Å². The summed E-state index contributed by atoms with van der Waals surface area (Å²) in [6, 6.07) is 8.37. The summed E-state index contributed by atoms with van der Waals surface area (Å²) in [7, 11) is 7.61. The van der Waals surface area contributed by atoms with Gasteiger partial charge in [-0.15, -0.1) is 0 Å². The molecule has 1 aromatic carbocycles. The lowest BCUT2D eigenvalue weighted by atomic mass is 9.90. The van der Waals surface area contributed by atoms with Crippen LogP contribution in [-0.2, 0) is 13.6 Å². The van der Waals surface area contributed by atoms with E-state index in [4.69, 9.17) is 9.72 Å². The van der Waals surface area contributed by atoms with Crippen LogP contribution in [-0.4, -0.2) is 58.9 Å². The van der Waals surface area contributed by atoms with Crippen LogP contribution in [0.3, 0.4) is 0 Å². The summed E-state index contributed by atoms with van der Waals surface area (Å²) in [6.45, 7) is 3.04. The fourth-order valence-electron chi connectivity index (χ4n) is 4.11. The van der Waals surface area contributed by atoms with Gasteiger partial charge in [0.25, 0.3) is 0 Å². The lowest BCUT2D eigenvalue weighted by Gasteiger charge is -2.33. The van der Waals surface area contributed by atoms with Crippen LogP contribution < -0.4 is 9.64 Å². The molecule has 1 fully saturated rings. The van der Waals surface area contributed by atoms with Crippen LogP contribution >= 0.6 is 0 Å². The number of aryl methyl sites for hydroxylation is 1. The van der Waals surface area contributed by atoms with Gasteiger partial charge < -0.3 is 9.64 Å². The van der Waals surface area contributed by atoms with Crippen molar-refractivity contribution in [3.8, 4) is 16.9 Å². The third kappa shape index (κ3) is 4.46. The minimum Gasteiger partial charge on any atom is -0.497 e. The molecule has 0 aliphatic carbocycles. The Morgan fingerprint density at radius 1 is 1.17 bits per heavy atom. The molecule has 1 aliphatic heterocycles. The highest BCUT2D eigenvalue weighted by molar-refractivity contribution is 5.65. The van der Waals surface area contributed by atoms with Crippen molar-refractivity contribution in [2.75, 3.05) is 39.2 Å². The number of rotatable bonds is 6. The molecule has 0 bridgehead atoms. The van der Waals surface area contributed by atoms with Gasteiger partial charge in [-0.1, -0.05) is 12.1 Å². The highest BCUT2D eigenvalue weighted by Crippen LogP contribution is 2.34. The predicted molar refractivity (Wildman–Crippen MR) is 119 cm³/mol. The first-order valence-electron chi connectivity index (χ1n) is 10.4. The molecule has 1 saturated heterocycles. The minimum absolute atomic E-state index is 0.369. The molecule has 1 atom stereocenters. The number of hydrogen-bond acceptors (Lipinski definition) is 6. The van der Waals surface area contributed by atoms with E-state index in [1.807, 2.05) is 61.4 Å². The van der Waals surface area contributed by atoms with Gasteiger partial charge in [-0.3, -0.25) is 9.58 Å². The van der Waals surface area contributed by atoms with Crippen LogP contribution in [0.2, 0.25) is 0 Å². The van der Waals surface area contributed by atoms with E-state index in [2.05, 4.69) is 27.1 Å². The van der Waals surface area contributed by atoms with Gasteiger partial charge in [-0.25, -0.2) is 9.97 Å². The maximum absolute atomic E-state index is 5.28. The molecule has 0 saturated carbocycles. The number of likely N-dealkylation sites (tertiary alicyclic amines) is 1. The highest BCUT2D eigenvalue weighted by Gasteiger charge is 2.26. The van der Waals surface area contributed by atoms with Gasteiger partial charge in [-0.05, 0) is 37.1 Å². The van der Waals surface area contributed by atoms with Crippen molar-refractivity contribution in [3.05, 3.63) is 54.1 Å². The summed E-state index contributed by atoms with van der Waals surface area (Å²) in [4.78, 5) is 14.0. The number of anilines is 1. The van der Waals surface area contributed by atoms with E-state index >= 15 is 0 Å². The fourth-order valence-corrected chi connectivity index (χ4v) is 4.11. The van der Waals surface area contributed by atoms with Crippen LogP contribution in [0.5, 0.6) is 5.75 Å². The Morgan fingerprint density at radius 3 is 2.63 bits per heavy atom. The molecule has 3 aromatic rings. The maximum atomic E-state index is 5.28. The molecular weight excluding hydrogens is 376 g/mol. The largest absolute Gasteiger partial charge is 0.497 e. The van der Waals surface area contributed by atoms with Gasteiger partial charge in [0.2, 0.25) is 5.95 Å². The normalized spacial score (nSPS) is 17.1. The summed E-state index contributed by atoms with van der Waals surface area (Å²) < 4.78 is 7.11. The standard InChI is InChI=1S/C23H30N6O/c1-27(2)23-24-13-21(19-12-25-28(3)15-19)22(26-23)18-6-5-11-29(16-18)14-17-7-9-20(30-4)10-8-17/h7-10,12-13,15,18H,5-6,11,14,16H2,1-4H3. The average Bonchev–Trinajstić information content (AvgIpc) is 3.20. The molecule has 0 amide bonds. The van der Waals surface area contributed by atoms with Crippen molar-refractivity contribution >= 4 is 5.95 Å². The van der Waals surface area contributed by atoms with Crippen molar-refractivity contribution in [1.29, 1.82) is 0 Å². The molecule has 3 heterocycles. The van der Waals surface area contributed by atoms with Crippen molar-refractivity contribution in [2.24, 2.45) is 7.05 Å². The van der Waals surface area contributed by atoms with Crippen LogP contribution in [0.4, 0.5) is 5.95 Å². The van der Waals surface area contributed by atoms with Gasteiger partial charge in [0, 0.05) is 63.7 Å². The molecule has 0 radical (unpaired) electrons. The molecule has 0 spiro atoms. The zero-order valence-corrected chi connectivity index (χ0v) is 18.2. The van der Waals surface area contributed by atoms with Gasteiger partial charge in [0.1, 0.15) is 5.75 Å². The third-order valence-corrected chi connectivity index (χ3v) is 5.68. The van der Waals surface area contributed by atoms with E-state index < -0.39 is 0 Å². The van der Waals surface area contributed by atoms with E-state index in [0.29, 0.717) is 5.92 Å². The Hall–Kier alpha value is -2.93. The number of hydrogen-bond donors (Lipinski definition) is 0. The first kappa shape index (κ1) is 20.3. The Balaban J connectivity index is 1.59.